The highest BCUT2D eigenvalue weighted by Gasteiger charge is 2.33. The number of benzene rings is 1. The Bertz CT molecular complexity index is 510. The lowest BCUT2D eigenvalue weighted by Gasteiger charge is -2.12. The third-order valence-electron chi connectivity index (χ3n) is 2.28. The van der Waals surface area contributed by atoms with E-state index in [4.69, 9.17) is 0 Å². The normalized spacial score (nSPS) is 15.1. The van der Waals surface area contributed by atoms with E-state index in [1.54, 1.807) is 0 Å². The predicted octanol–water partition coefficient (Wildman–Crippen LogP) is 1.81. The van der Waals surface area contributed by atoms with Crippen LogP contribution in [-0.4, -0.2) is 22.8 Å². The number of carbonyl (C=O) groups excluding carboxylic acids is 3. The molecule has 1 heterocycles. The summed E-state index contributed by atoms with van der Waals surface area (Å²) < 4.78 is 13.4. The van der Waals surface area contributed by atoms with Crippen LogP contribution < -0.4 is 0 Å². The van der Waals surface area contributed by atoms with Gasteiger partial charge in [-0.1, -0.05) is 15.9 Å². The zero-order valence-electron chi connectivity index (χ0n) is 8.98. The van der Waals surface area contributed by atoms with Crippen molar-refractivity contribution in [2.75, 3.05) is 0 Å². The first-order valence-electron chi connectivity index (χ1n) is 5.01. The largest absolute Gasteiger partial charge is 0.364 e. The van der Waals surface area contributed by atoms with Gasteiger partial charge in [-0.3, -0.25) is 9.59 Å². The molecule has 1 aliphatic rings. The van der Waals surface area contributed by atoms with Gasteiger partial charge in [0.25, 0.3) is 11.8 Å². The molecule has 0 N–H and O–H groups in total. The topological polar surface area (TPSA) is 63.7 Å². The second-order valence-electron chi connectivity index (χ2n) is 3.62. The fraction of sp³-hybridized carbons (Fsp3) is 0.182. The molecule has 0 unspecified atom stereocenters. The summed E-state index contributed by atoms with van der Waals surface area (Å²) >= 11 is 3.02. The summed E-state index contributed by atoms with van der Waals surface area (Å²) in [7, 11) is 0. The quantitative estimate of drug-likeness (QED) is 0.781. The summed E-state index contributed by atoms with van der Waals surface area (Å²) in [6.45, 7) is 0. The van der Waals surface area contributed by atoms with Crippen LogP contribution in [0.25, 0.3) is 0 Å². The maximum absolute atomic E-state index is 13.1. The maximum Gasteiger partial charge on any atom is 0.364 e. The van der Waals surface area contributed by atoms with Crippen molar-refractivity contribution in [3.8, 4) is 0 Å². The van der Waals surface area contributed by atoms with Crippen LogP contribution in [0.4, 0.5) is 4.39 Å². The Morgan fingerprint density at radius 3 is 2.39 bits per heavy atom. The molecule has 18 heavy (non-hydrogen) atoms. The molecule has 1 aliphatic heterocycles. The molecule has 0 saturated carbocycles. The average Bonchev–Trinajstić information content (AvgIpc) is 2.59. The molecule has 1 saturated heterocycles. The van der Waals surface area contributed by atoms with Gasteiger partial charge in [0, 0.05) is 17.3 Å². The smallest absolute Gasteiger partial charge is 0.325 e. The summed E-state index contributed by atoms with van der Waals surface area (Å²) in [6, 6.07) is 3.46. The Hall–Kier alpha value is -1.76. The van der Waals surface area contributed by atoms with Gasteiger partial charge in [0.05, 0.1) is 5.56 Å². The van der Waals surface area contributed by atoms with E-state index in [0.29, 0.717) is 9.54 Å². The van der Waals surface area contributed by atoms with Crippen molar-refractivity contribution in [1.82, 2.24) is 5.06 Å². The van der Waals surface area contributed by atoms with Crippen LogP contribution in [0.3, 0.4) is 0 Å². The molecule has 0 aliphatic carbocycles. The van der Waals surface area contributed by atoms with Crippen molar-refractivity contribution >= 4 is 33.7 Å². The minimum Gasteiger partial charge on any atom is -0.325 e. The summed E-state index contributed by atoms with van der Waals surface area (Å²) in [5.41, 5.74) is -0.0885. The van der Waals surface area contributed by atoms with Crippen molar-refractivity contribution in [2.45, 2.75) is 12.8 Å². The summed E-state index contributed by atoms with van der Waals surface area (Å²) in [6.07, 6.45) is 0.0257. The fourth-order valence-electron chi connectivity index (χ4n) is 1.47. The van der Waals surface area contributed by atoms with Crippen LogP contribution in [0.2, 0.25) is 0 Å². The number of hydrogen-bond acceptors (Lipinski definition) is 4. The second-order valence-corrected chi connectivity index (χ2v) is 4.53. The number of nitrogens with zero attached hydrogens (tertiary/aromatic N) is 1. The van der Waals surface area contributed by atoms with Crippen molar-refractivity contribution < 1.29 is 23.6 Å². The predicted molar refractivity (Wildman–Crippen MR) is 60.6 cm³/mol. The Morgan fingerprint density at radius 1 is 1.22 bits per heavy atom. The number of rotatable bonds is 2. The fourth-order valence-corrected chi connectivity index (χ4v) is 1.93. The molecular formula is C11H7BrFNO4. The molecule has 0 atom stereocenters. The number of halogens is 2. The SMILES string of the molecule is O=C(ON1C(=O)CCC1=O)c1cc(F)cc(Br)c1. The van der Waals surface area contributed by atoms with E-state index < -0.39 is 23.6 Å². The van der Waals surface area contributed by atoms with Crippen LogP contribution in [0, 0.1) is 5.82 Å². The number of hydrogen-bond donors (Lipinski definition) is 0. The lowest BCUT2D eigenvalue weighted by molar-refractivity contribution is -0.172. The van der Waals surface area contributed by atoms with Crippen molar-refractivity contribution in [1.29, 1.82) is 0 Å². The zero-order chi connectivity index (χ0) is 13.3. The van der Waals surface area contributed by atoms with Gasteiger partial charge < -0.3 is 4.84 Å². The average molecular weight is 316 g/mol. The van der Waals surface area contributed by atoms with E-state index >= 15 is 0 Å². The molecule has 7 heteroatoms. The first-order valence-corrected chi connectivity index (χ1v) is 5.81. The number of carbonyl (C=O) groups is 3. The van der Waals surface area contributed by atoms with Crippen molar-refractivity contribution in [3.63, 3.8) is 0 Å². The molecule has 0 aromatic heterocycles. The second kappa shape index (κ2) is 4.85. The monoisotopic (exact) mass is 315 g/mol. The molecule has 1 aromatic carbocycles. The van der Waals surface area contributed by atoms with Gasteiger partial charge in [0.1, 0.15) is 5.82 Å². The van der Waals surface area contributed by atoms with Crippen LogP contribution in [0.5, 0.6) is 0 Å². The van der Waals surface area contributed by atoms with Gasteiger partial charge >= 0.3 is 5.97 Å². The first-order chi connectivity index (χ1) is 8.47. The summed E-state index contributed by atoms with van der Waals surface area (Å²) in [5, 5.41) is 0.418. The highest BCUT2D eigenvalue weighted by molar-refractivity contribution is 9.10. The van der Waals surface area contributed by atoms with E-state index in [9.17, 15) is 18.8 Å². The third kappa shape index (κ3) is 2.56. The molecule has 0 radical (unpaired) electrons. The molecule has 2 amide bonds. The lowest BCUT2D eigenvalue weighted by Crippen LogP contribution is -2.32. The molecule has 1 fully saturated rings. The first kappa shape index (κ1) is 12.7. The number of imide groups is 1. The van der Waals surface area contributed by atoms with Crippen molar-refractivity contribution in [2.24, 2.45) is 0 Å². The van der Waals surface area contributed by atoms with E-state index in [1.165, 1.54) is 12.1 Å². The van der Waals surface area contributed by atoms with Gasteiger partial charge in [-0.2, -0.15) is 0 Å². The Balaban J connectivity index is 2.17. The van der Waals surface area contributed by atoms with E-state index in [-0.39, 0.29) is 18.4 Å². The molecule has 1 aromatic rings. The minimum atomic E-state index is -0.959. The Labute approximate surface area is 110 Å². The Kier molecular flexibility index (Phi) is 3.42. The molecule has 0 bridgehead atoms. The third-order valence-corrected chi connectivity index (χ3v) is 2.74. The van der Waals surface area contributed by atoms with Gasteiger partial charge in [-0.05, 0) is 18.2 Å². The van der Waals surface area contributed by atoms with Crippen molar-refractivity contribution in [3.05, 3.63) is 34.1 Å². The van der Waals surface area contributed by atoms with E-state index in [1.807, 2.05) is 0 Å². The standard InChI is InChI=1S/C11H7BrFNO4/c12-7-3-6(4-8(13)5-7)11(17)18-14-9(15)1-2-10(14)16/h3-5H,1-2H2. The summed E-state index contributed by atoms with van der Waals surface area (Å²) in [4.78, 5) is 38.7. The van der Waals surface area contributed by atoms with Gasteiger partial charge in [-0.15, -0.1) is 5.06 Å². The van der Waals surface area contributed by atoms with Gasteiger partial charge in [0.15, 0.2) is 0 Å². The minimum absolute atomic E-state index is 0.0129. The highest BCUT2D eigenvalue weighted by atomic mass is 79.9. The van der Waals surface area contributed by atoms with Gasteiger partial charge in [0.2, 0.25) is 0 Å². The molecule has 0 spiro atoms. The van der Waals surface area contributed by atoms with E-state index in [0.717, 1.165) is 6.07 Å². The van der Waals surface area contributed by atoms with Crippen LogP contribution in [0.15, 0.2) is 22.7 Å². The number of amides is 2. The lowest BCUT2D eigenvalue weighted by atomic mass is 10.2. The Morgan fingerprint density at radius 2 is 1.83 bits per heavy atom. The van der Waals surface area contributed by atoms with E-state index in [2.05, 4.69) is 20.8 Å². The molecular weight excluding hydrogens is 309 g/mol. The zero-order valence-corrected chi connectivity index (χ0v) is 10.6. The highest BCUT2D eigenvalue weighted by Crippen LogP contribution is 2.18. The molecule has 5 nitrogen and oxygen atoms in total. The maximum atomic E-state index is 13.1. The van der Waals surface area contributed by atoms with Crippen LogP contribution in [0.1, 0.15) is 23.2 Å². The molecule has 94 valence electrons. The molecule has 2 rings (SSSR count). The summed E-state index contributed by atoms with van der Waals surface area (Å²) in [5.74, 6) is -2.75. The van der Waals surface area contributed by atoms with Crippen LogP contribution >= 0.6 is 15.9 Å². The van der Waals surface area contributed by atoms with Crippen LogP contribution in [-0.2, 0) is 14.4 Å². The van der Waals surface area contributed by atoms with Gasteiger partial charge in [-0.25, -0.2) is 9.18 Å². The number of hydroxylamine groups is 2.